The van der Waals surface area contributed by atoms with Gasteiger partial charge in [-0.15, -0.1) is 0 Å². The summed E-state index contributed by atoms with van der Waals surface area (Å²) in [5.74, 6) is -0.427. The third-order valence-corrected chi connectivity index (χ3v) is 11.4. The van der Waals surface area contributed by atoms with Gasteiger partial charge in [0.1, 0.15) is 40.6 Å². The topological polar surface area (TPSA) is 116 Å². The summed E-state index contributed by atoms with van der Waals surface area (Å²) in [6.45, 7) is 5.21. The van der Waals surface area contributed by atoms with E-state index in [0.717, 1.165) is 51.6 Å². The SMILES string of the molecule is CCc1c(F)ccc2cc(O)cc(-c3nc4c5c(nc(OCC6(CN7CCC[C@@H]7CO)CC6)nc5c3F)N3C[C@H]5CC[C@H](N5)[C@H]3CO4)c12. The van der Waals surface area contributed by atoms with Gasteiger partial charge in [-0.1, -0.05) is 13.0 Å². The number of nitrogens with zero attached hydrogens (tertiary/aromatic N) is 5. The Labute approximate surface area is 277 Å². The summed E-state index contributed by atoms with van der Waals surface area (Å²) in [6.07, 6.45) is 6.51. The molecule has 1 aliphatic carbocycles. The van der Waals surface area contributed by atoms with Crippen LogP contribution in [0.1, 0.15) is 51.0 Å². The molecule has 1 saturated carbocycles. The molecule has 0 radical (unpaired) electrons. The number of benzene rings is 2. The predicted octanol–water partition coefficient (Wildman–Crippen LogP) is 4.71. The van der Waals surface area contributed by atoms with Gasteiger partial charge in [0.05, 0.1) is 19.3 Å². The van der Waals surface area contributed by atoms with Crippen LogP contribution in [0.5, 0.6) is 17.6 Å². The molecule has 4 fully saturated rings. The quantitative estimate of drug-likeness (QED) is 0.246. The molecule has 5 aliphatic rings. The summed E-state index contributed by atoms with van der Waals surface area (Å²) in [4.78, 5) is 19.0. The molecule has 252 valence electrons. The average Bonchev–Trinajstić information content (AvgIpc) is 3.58. The van der Waals surface area contributed by atoms with Crippen molar-refractivity contribution in [3.63, 3.8) is 0 Å². The number of phenols is 1. The maximum atomic E-state index is 17.1. The molecule has 2 aromatic carbocycles. The van der Waals surface area contributed by atoms with E-state index in [1.54, 1.807) is 12.1 Å². The number of rotatable bonds is 8. The van der Waals surface area contributed by atoms with E-state index in [-0.39, 0.29) is 70.6 Å². The molecular formula is C36H40F2N6O4. The minimum absolute atomic E-state index is 0.0252. The number of aliphatic hydroxyl groups excluding tert-OH is 1. The largest absolute Gasteiger partial charge is 0.508 e. The fourth-order valence-electron chi connectivity index (χ4n) is 8.68. The van der Waals surface area contributed by atoms with E-state index >= 15 is 8.78 Å². The van der Waals surface area contributed by atoms with Gasteiger partial charge in [-0.25, -0.2) is 13.8 Å². The molecule has 9 rings (SSSR count). The molecule has 4 aliphatic heterocycles. The highest BCUT2D eigenvalue weighted by atomic mass is 19.1. The Morgan fingerprint density at radius 1 is 1.10 bits per heavy atom. The van der Waals surface area contributed by atoms with Crippen LogP contribution >= 0.6 is 0 Å². The van der Waals surface area contributed by atoms with Crippen molar-refractivity contribution in [3.8, 4) is 28.9 Å². The molecule has 2 aromatic heterocycles. The molecule has 12 heteroatoms. The van der Waals surface area contributed by atoms with Crippen molar-refractivity contribution in [2.24, 2.45) is 5.41 Å². The Bertz CT molecular complexity index is 1940. The minimum atomic E-state index is -0.704. The van der Waals surface area contributed by atoms with Crippen LogP contribution in [0.2, 0.25) is 0 Å². The first-order valence-electron chi connectivity index (χ1n) is 17.3. The number of ether oxygens (including phenoxy) is 2. The monoisotopic (exact) mass is 658 g/mol. The Morgan fingerprint density at radius 2 is 1.98 bits per heavy atom. The standard InChI is InChI=1S/C36H40F2N6O4/c1-2-23-25(37)7-5-19-12-22(46)13-24(28(19)23)31-30(38)32-29-33(44-14-20-6-8-26(39-20)27(44)16-47-34(29)40-31)42-35(41-32)48-18-36(9-10-36)17-43-11-3-4-21(43)15-45/h5,7,12-13,20-21,26-27,39,45-46H,2-4,6,8-11,14-18H2,1H3/t20-,21-,26+,27-/m1/s1. The fourth-order valence-corrected chi connectivity index (χ4v) is 8.68. The zero-order valence-corrected chi connectivity index (χ0v) is 27.0. The van der Waals surface area contributed by atoms with Crippen molar-refractivity contribution >= 4 is 27.5 Å². The van der Waals surface area contributed by atoms with Crippen LogP contribution in [0.3, 0.4) is 0 Å². The normalized spacial score (nSPS) is 25.7. The van der Waals surface area contributed by atoms with Gasteiger partial charge in [0.25, 0.3) is 0 Å². The van der Waals surface area contributed by atoms with E-state index in [0.29, 0.717) is 53.7 Å². The van der Waals surface area contributed by atoms with Gasteiger partial charge in [0, 0.05) is 42.2 Å². The minimum Gasteiger partial charge on any atom is -0.508 e. The number of nitrogens with one attached hydrogen (secondary N) is 1. The highest BCUT2D eigenvalue weighted by molar-refractivity contribution is 6.03. The Kier molecular flexibility index (Phi) is 7.14. The number of piperazine rings is 1. The summed E-state index contributed by atoms with van der Waals surface area (Å²) in [7, 11) is 0. The predicted molar refractivity (Wildman–Crippen MR) is 177 cm³/mol. The molecule has 10 nitrogen and oxygen atoms in total. The van der Waals surface area contributed by atoms with Crippen molar-refractivity contribution in [2.45, 2.75) is 76.0 Å². The molecule has 0 amide bonds. The number of likely N-dealkylation sites (tertiary alicyclic amines) is 1. The summed E-state index contributed by atoms with van der Waals surface area (Å²) in [5.41, 5.74) is 0.581. The van der Waals surface area contributed by atoms with Gasteiger partial charge in [-0.3, -0.25) is 4.90 Å². The number of aromatic hydroxyl groups is 1. The lowest BCUT2D eigenvalue weighted by molar-refractivity contribution is 0.113. The third kappa shape index (κ3) is 4.86. The van der Waals surface area contributed by atoms with Crippen LogP contribution in [0.25, 0.3) is 32.9 Å². The number of aliphatic hydroxyl groups is 1. The molecule has 4 aromatic rings. The molecule has 3 saturated heterocycles. The molecule has 48 heavy (non-hydrogen) atoms. The highest BCUT2D eigenvalue weighted by Gasteiger charge is 2.47. The molecule has 0 unspecified atom stereocenters. The van der Waals surface area contributed by atoms with Gasteiger partial charge >= 0.3 is 6.01 Å². The van der Waals surface area contributed by atoms with Crippen LogP contribution in [0, 0.1) is 17.0 Å². The second-order valence-corrected chi connectivity index (χ2v) is 14.4. The molecule has 4 atom stereocenters. The third-order valence-electron chi connectivity index (χ3n) is 11.4. The van der Waals surface area contributed by atoms with Crippen LogP contribution in [-0.4, -0.2) is 93.7 Å². The lowest BCUT2D eigenvalue weighted by Gasteiger charge is -2.40. The van der Waals surface area contributed by atoms with E-state index in [4.69, 9.17) is 24.4 Å². The number of aromatic nitrogens is 3. The van der Waals surface area contributed by atoms with Crippen molar-refractivity contribution < 1.29 is 28.5 Å². The van der Waals surface area contributed by atoms with Crippen molar-refractivity contribution in [1.29, 1.82) is 0 Å². The van der Waals surface area contributed by atoms with Crippen LogP contribution < -0.4 is 19.7 Å². The Morgan fingerprint density at radius 3 is 2.79 bits per heavy atom. The number of fused-ring (bicyclic) bond motifs is 6. The number of anilines is 1. The smallest absolute Gasteiger partial charge is 0.319 e. The number of halogens is 2. The lowest BCUT2D eigenvalue weighted by atomic mass is 9.94. The van der Waals surface area contributed by atoms with Gasteiger partial charge in [-0.2, -0.15) is 9.97 Å². The van der Waals surface area contributed by atoms with E-state index < -0.39 is 11.6 Å². The second-order valence-electron chi connectivity index (χ2n) is 14.4. The first kappa shape index (κ1) is 30.2. The van der Waals surface area contributed by atoms with Crippen LogP contribution in [0.15, 0.2) is 24.3 Å². The summed E-state index contributed by atoms with van der Waals surface area (Å²) < 4.78 is 45.0. The maximum Gasteiger partial charge on any atom is 0.319 e. The van der Waals surface area contributed by atoms with Crippen molar-refractivity contribution in [1.82, 2.24) is 25.2 Å². The lowest BCUT2D eigenvalue weighted by Crippen LogP contribution is -2.60. The van der Waals surface area contributed by atoms with E-state index in [1.807, 2.05) is 6.92 Å². The number of phenolic OH excluding ortho intramolecular Hbond substituents is 1. The number of hydrogen-bond acceptors (Lipinski definition) is 10. The van der Waals surface area contributed by atoms with Gasteiger partial charge in [0.15, 0.2) is 5.82 Å². The summed E-state index contributed by atoms with van der Waals surface area (Å²) >= 11 is 0. The van der Waals surface area contributed by atoms with Gasteiger partial charge in [0.2, 0.25) is 5.88 Å². The maximum absolute atomic E-state index is 17.1. The molecule has 2 bridgehead atoms. The zero-order valence-electron chi connectivity index (χ0n) is 27.0. The molecular weight excluding hydrogens is 618 g/mol. The average molecular weight is 659 g/mol. The van der Waals surface area contributed by atoms with E-state index in [1.165, 1.54) is 12.1 Å². The summed E-state index contributed by atoms with van der Waals surface area (Å²) in [5, 5.41) is 25.8. The number of aryl methyl sites for hydroxylation is 1. The van der Waals surface area contributed by atoms with E-state index in [9.17, 15) is 10.2 Å². The molecule has 3 N–H and O–H groups in total. The fraction of sp³-hybridized carbons (Fsp3) is 0.528. The number of pyridine rings is 1. The van der Waals surface area contributed by atoms with E-state index in [2.05, 4.69) is 15.1 Å². The van der Waals surface area contributed by atoms with Crippen molar-refractivity contribution in [2.75, 3.05) is 44.4 Å². The zero-order chi connectivity index (χ0) is 32.7. The van der Waals surface area contributed by atoms with Crippen LogP contribution in [0.4, 0.5) is 14.6 Å². The highest BCUT2D eigenvalue weighted by Crippen LogP contribution is 2.48. The number of hydrogen-bond donors (Lipinski definition) is 3. The van der Waals surface area contributed by atoms with Crippen LogP contribution in [-0.2, 0) is 6.42 Å². The first-order chi connectivity index (χ1) is 23.3. The van der Waals surface area contributed by atoms with Gasteiger partial charge in [-0.05, 0) is 86.0 Å². The van der Waals surface area contributed by atoms with Gasteiger partial charge < -0.3 is 29.9 Å². The second kappa shape index (κ2) is 11.3. The summed E-state index contributed by atoms with van der Waals surface area (Å²) in [6, 6.07) is 6.65. The first-order valence-corrected chi connectivity index (χ1v) is 17.3. The molecule has 0 spiro atoms. The van der Waals surface area contributed by atoms with Crippen molar-refractivity contribution in [3.05, 3.63) is 41.5 Å². The molecule has 6 heterocycles. The Hall–Kier alpha value is -3.87. The Balaban J connectivity index is 1.18.